The summed E-state index contributed by atoms with van der Waals surface area (Å²) in [5, 5.41) is 20.5. The second-order valence-corrected chi connectivity index (χ2v) is 7.92. The third-order valence-corrected chi connectivity index (χ3v) is 5.81. The Labute approximate surface area is 174 Å². The highest BCUT2D eigenvalue weighted by atomic mass is 32.1. The summed E-state index contributed by atoms with van der Waals surface area (Å²) in [6.07, 6.45) is 2.08. The zero-order valence-corrected chi connectivity index (χ0v) is 18.6. The van der Waals surface area contributed by atoms with Crippen molar-refractivity contribution < 1.29 is 11.6 Å². The second kappa shape index (κ2) is 10.0. The Kier molecular flexibility index (Phi) is 8.00. The third-order valence-electron chi connectivity index (χ3n) is 4.86. The molecule has 9 nitrogen and oxygen atoms in total. The SMILES string of the molecule is CCC(O)CC.Cc1csc(Cn2c3c(=O)n(CCCO)c(=O)n(C)c3n2C)n1.[HH]. The molecule has 0 unspecified atom stereocenters. The summed E-state index contributed by atoms with van der Waals surface area (Å²) in [7, 11) is 3.47. The van der Waals surface area contributed by atoms with Gasteiger partial charge < -0.3 is 10.2 Å². The third kappa shape index (κ3) is 4.88. The molecule has 0 aromatic carbocycles. The Balaban J connectivity index is 0.000000567. The zero-order valence-electron chi connectivity index (χ0n) is 17.8. The first-order chi connectivity index (χ1) is 13.8. The van der Waals surface area contributed by atoms with Crippen LogP contribution in [0.1, 0.15) is 45.2 Å². The molecule has 0 bridgehead atoms. The van der Waals surface area contributed by atoms with Crippen molar-refractivity contribution in [3.63, 3.8) is 0 Å². The van der Waals surface area contributed by atoms with Crippen molar-refractivity contribution in [1.29, 1.82) is 0 Å². The van der Waals surface area contributed by atoms with E-state index in [1.165, 1.54) is 9.13 Å². The Bertz CT molecular complexity index is 1060. The smallest absolute Gasteiger partial charge is 0.332 e. The number of aromatic nitrogens is 5. The number of aryl methyl sites for hydroxylation is 3. The molecule has 164 valence electrons. The number of hydrogen-bond acceptors (Lipinski definition) is 6. The molecule has 3 aromatic heterocycles. The molecular weight excluding hydrogens is 394 g/mol. The van der Waals surface area contributed by atoms with Gasteiger partial charge in [0.1, 0.15) is 5.01 Å². The van der Waals surface area contributed by atoms with E-state index in [0.717, 1.165) is 23.5 Å². The molecule has 29 heavy (non-hydrogen) atoms. The Morgan fingerprint density at radius 3 is 2.38 bits per heavy atom. The van der Waals surface area contributed by atoms with Crippen molar-refractivity contribution in [3.05, 3.63) is 36.9 Å². The standard InChI is InChI=1S/C14H19N5O3S.C5H12O.H2/c1-9-8-23-10(15-9)7-19-11-12(17(19)3)16(2)14(22)18(13(11)21)5-4-6-20;1-3-5(6)4-2;/h8,20H,4-7H2,1-3H3;5-6H,3-4H2,1-2H3;1H. The molecule has 0 amide bonds. The minimum atomic E-state index is -0.362. The highest BCUT2D eigenvalue weighted by Crippen LogP contribution is 2.17. The van der Waals surface area contributed by atoms with Crippen molar-refractivity contribution in [3.8, 4) is 0 Å². The second-order valence-electron chi connectivity index (χ2n) is 6.98. The minimum Gasteiger partial charge on any atom is -0.396 e. The molecule has 0 saturated carbocycles. The van der Waals surface area contributed by atoms with Crippen LogP contribution in [-0.4, -0.2) is 46.4 Å². The fraction of sp³-hybridized carbons (Fsp3) is 0.632. The summed E-state index contributed by atoms with van der Waals surface area (Å²) < 4.78 is 6.27. The summed E-state index contributed by atoms with van der Waals surface area (Å²) in [6, 6.07) is 0. The molecule has 0 aliphatic heterocycles. The van der Waals surface area contributed by atoms with Gasteiger partial charge in [-0.3, -0.25) is 23.3 Å². The highest BCUT2D eigenvalue weighted by Gasteiger charge is 2.22. The molecule has 0 spiro atoms. The van der Waals surface area contributed by atoms with E-state index < -0.39 is 0 Å². The Morgan fingerprint density at radius 1 is 1.24 bits per heavy atom. The number of thiazole rings is 1. The normalized spacial score (nSPS) is 11.3. The number of nitrogens with zero attached hydrogens (tertiary/aromatic N) is 5. The quantitative estimate of drug-likeness (QED) is 0.593. The van der Waals surface area contributed by atoms with Gasteiger partial charge in [0.15, 0.2) is 11.2 Å². The van der Waals surface area contributed by atoms with Gasteiger partial charge in [0.2, 0.25) is 0 Å². The van der Waals surface area contributed by atoms with E-state index in [-0.39, 0.29) is 31.9 Å². The summed E-state index contributed by atoms with van der Waals surface area (Å²) in [5.41, 5.74) is 1.38. The van der Waals surface area contributed by atoms with Gasteiger partial charge in [0.05, 0.1) is 12.6 Å². The van der Waals surface area contributed by atoms with Gasteiger partial charge >= 0.3 is 5.69 Å². The summed E-state index contributed by atoms with van der Waals surface area (Å²) >= 11 is 1.55. The maximum Gasteiger partial charge on any atom is 0.332 e. The highest BCUT2D eigenvalue weighted by molar-refractivity contribution is 7.09. The molecular formula is C19H33N5O4S. The maximum absolute atomic E-state index is 12.7. The molecule has 3 rings (SSSR count). The summed E-state index contributed by atoms with van der Waals surface area (Å²) in [6.45, 7) is 6.54. The van der Waals surface area contributed by atoms with E-state index in [0.29, 0.717) is 24.1 Å². The molecule has 0 radical (unpaired) electrons. The average molecular weight is 428 g/mol. The number of fused-ring (bicyclic) bond motifs is 1. The van der Waals surface area contributed by atoms with Crippen LogP contribution in [0.3, 0.4) is 0 Å². The number of hydrogen-bond donors (Lipinski definition) is 2. The van der Waals surface area contributed by atoms with Crippen LogP contribution in [0, 0.1) is 6.92 Å². The number of aliphatic hydroxyl groups is 2. The molecule has 0 fully saturated rings. The van der Waals surface area contributed by atoms with Gasteiger partial charge in [0, 0.05) is 39.7 Å². The fourth-order valence-electron chi connectivity index (χ4n) is 3.06. The van der Waals surface area contributed by atoms with Crippen LogP contribution in [0.15, 0.2) is 15.0 Å². The monoisotopic (exact) mass is 427 g/mol. The lowest BCUT2D eigenvalue weighted by Crippen LogP contribution is -2.44. The minimum absolute atomic E-state index is 0. The van der Waals surface area contributed by atoms with Crippen molar-refractivity contribution >= 4 is 22.5 Å². The average Bonchev–Trinajstić information content (AvgIpc) is 3.13. The van der Waals surface area contributed by atoms with Crippen molar-refractivity contribution in [2.45, 2.75) is 59.2 Å². The van der Waals surface area contributed by atoms with E-state index >= 15 is 0 Å². The molecule has 0 saturated heterocycles. The van der Waals surface area contributed by atoms with Crippen molar-refractivity contribution in [2.75, 3.05) is 6.61 Å². The lowest BCUT2D eigenvalue weighted by atomic mass is 10.2. The summed E-state index contributed by atoms with van der Waals surface area (Å²) in [5.74, 6) is 0. The Hall–Kier alpha value is -2.17. The van der Waals surface area contributed by atoms with Crippen LogP contribution in [-0.2, 0) is 27.2 Å². The van der Waals surface area contributed by atoms with E-state index in [2.05, 4.69) is 4.98 Å². The zero-order chi connectivity index (χ0) is 21.7. The van der Waals surface area contributed by atoms with Crippen LogP contribution in [0.4, 0.5) is 0 Å². The van der Waals surface area contributed by atoms with E-state index in [1.54, 1.807) is 23.1 Å². The number of aliphatic hydroxyl groups excluding tert-OH is 2. The predicted molar refractivity (Wildman–Crippen MR) is 117 cm³/mol. The molecule has 3 aromatic rings. The lowest BCUT2D eigenvalue weighted by molar-refractivity contribution is 0.166. The van der Waals surface area contributed by atoms with Gasteiger partial charge in [-0.15, -0.1) is 11.3 Å². The van der Waals surface area contributed by atoms with Gasteiger partial charge in [-0.1, -0.05) is 13.8 Å². The van der Waals surface area contributed by atoms with Crippen LogP contribution in [0.25, 0.3) is 11.2 Å². The van der Waals surface area contributed by atoms with Gasteiger partial charge in [0.25, 0.3) is 5.56 Å². The van der Waals surface area contributed by atoms with Crippen molar-refractivity contribution in [2.24, 2.45) is 14.1 Å². The molecule has 10 heteroatoms. The van der Waals surface area contributed by atoms with Crippen LogP contribution < -0.4 is 11.2 Å². The van der Waals surface area contributed by atoms with E-state index in [4.69, 9.17) is 10.2 Å². The fourth-order valence-corrected chi connectivity index (χ4v) is 3.81. The predicted octanol–water partition coefficient (Wildman–Crippen LogP) is 1.45. The van der Waals surface area contributed by atoms with Crippen LogP contribution >= 0.6 is 11.3 Å². The van der Waals surface area contributed by atoms with E-state index in [1.807, 2.05) is 37.9 Å². The van der Waals surface area contributed by atoms with Gasteiger partial charge in [-0.05, 0) is 26.2 Å². The van der Waals surface area contributed by atoms with Crippen LogP contribution in [0.2, 0.25) is 0 Å². The maximum atomic E-state index is 12.7. The molecule has 2 N–H and O–H groups in total. The largest absolute Gasteiger partial charge is 0.396 e. The first-order valence-corrected chi connectivity index (χ1v) is 10.7. The lowest BCUT2D eigenvalue weighted by Gasteiger charge is -2.25. The van der Waals surface area contributed by atoms with Gasteiger partial charge in [-0.2, -0.15) is 0 Å². The number of rotatable bonds is 7. The van der Waals surface area contributed by atoms with Crippen LogP contribution in [0.5, 0.6) is 0 Å². The van der Waals surface area contributed by atoms with E-state index in [9.17, 15) is 9.59 Å². The van der Waals surface area contributed by atoms with Crippen molar-refractivity contribution in [1.82, 2.24) is 23.5 Å². The molecule has 0 aliphatic rings. The molecule has 0 aliphatic carbocycles. The molecule has 3 heterocycles. The molecule has 0 atom stereocenters. The van der Waals surface area contributed by atoms with Gasteiger partial charge in [-0.25, -0.2) is 9.78 Å². The topological polar surface area (TPSA) is 107 Å². The first-order valence-electron chi connectivity index (χ1n) is 9.81. The summed E-state index contributed by atoms with van der Waals surface area (Å²) in [4.78, 5) is 29.4. The first kappa shape index (κ1) is 23.1. The Morgan fingerprint density at radius 2 is 1.90 bits per heavy atom.